The van der Waals surface area contributed by atoms with Gasteiger partial charge in [-0.2, -0.15) is 0 Å². The van der Waals surface area contributed by atoms with E-state index in [2.05, 4.69) is 20.5 Å². The van der Waals surface area contributed by atoms with Crippen LogP contribution in [0.15, 0.2) is 18.3 Å². The molecule has 0 bridgehead atoms. The molecule has 1 fully saturated rings. The summed E-state index contributed by atoms with van der Waals surface area (Å²) in [5.74, 6) is -1.11. The number of aromatic nitrogens is 5. The normalized spacial score (nSPS) is 14.8. The molecule has 21 heavy (non-hydrogen) atoms. The van der Waals surface area contributed by atoms with Gasteiger partial charge in [0.05, 0.1) is 12.2 Å². The zero-order valence-electron chi connectivity index (χ0n) is 10.7. The summed E-state index contributed by atoms with van der Waals surface area (Å²) in [5, 5.41) is 23.8. The SMILES string of the molecule is NC(=O)c1ccc(N2CC(n3cc(C(=O)O)nn3)C2)nn1. The maximum atomic E-state index is 10.9. The van der Waals surface area contributed by atoms with Crippen LogP contribution in [0.5, 0.6) is 0 Å². The van der Waals surface area contributed by atoms with Gasteiger partial charge in [0.2, 0.25) is 0 Å². The Labute approximate surface area is 118 Å². The third kappa shape index (κ3) is 2.38. The molecule has 1 saturated heterocycles. The lowest BCUT2D eigenvalue weighted by Gasteiger charge is -2.39. The van der Waals surface area contributed by atoms with Crippen molar-refractivity contribution in [1.82, 2.24) is 25.2 Å². The van der Waals surface area contributed by atoms with Crippen molar-refractivity contribution in [2.24, 2.45) is 5.73 Å². The average molecular weight is 289 g/mol. The van der Waals surface area contributed by atoms with Gasteiger partial charge in [-0.3, -0.25) is 4.79 Å². The van der Waals surface area contributed by atoms with E-state index in [0.717, 1.165) is 0 Å². The van der Waals surface area contributed by atoms with Crippen LogP contribution in [0.4, 0.5) is 5.82 Å². The minimum Gasteiger partial charge on any atom is -0.476 e. The number of aromatic carboxylic acids is 1. The first-order valence-electron chi connectivity index (χ1n) is 6.08. The van der Waals surface area contributed by atoms with Crippen LogP contribution < -0.4 is 10.6 Å². The molecule has 0 aliphatic carbocycles. The maximum Gasteiger partial charge on any atom is 0.358 e. The highest BCUT2D eigenvalue weighted by Gasteiger charge is 2.31. The number of anilines is 1. The molecule has 3 rings (SSSR count). The first-order chi connectivity index (χ1) is 10.0. The van der Waals surface area contributed by atoms with Gasteiger partial charge in [-0.05, 0) is 12.1 Å². The van der Waals surface area contributed by atoms with Gasteiger partial charge >= 0.3 is 5.97 Å². The van der Waals surface area contributed by atoms with Gasteiger partial charge in [-0.15, -0.1) is 15.3 Å². The highest BCUT2D eigenvalue weighted by Crippen LogP contribution is 2.25. The third-order valence-electron chi connectivity index (χ3n) is 3.19. The van der Waals surface area contributed by atoms with E-state index in [1.165, 1.54) is 16.9 Å². The summed E-state index contributed by atoms with van der Waals surface area (Å²) < 4.78 is 1.52. The van der Waals surface area contributed by atoms with E-state index < -0.39 is 11.9 Å². The Morgan fingerprint density at radius 2 is 1.95 bits per heavy atom. The van der Waals surface area contributed by atoms with Crippen LogP contribution in [0.3, 0.4) is 0 Å². The minimum absolute atomic E-state index is 0.0308. The second-order valence-corrected chi connectivity index (χ2v) is 4.59. The number of nitrogens with two attached hydrogens (primary N) is 1. The lowest BCUT2D eigenvalue weighted by molar-refractivity contribution is 0.0690. The largest absolute Gasteiger partial charge is 0.476 e. The molecular formula is C11H11N7O3. The Kier molecular flexibility index (Phi) is 2.97. The van der Waals surface area contributed by atoms with E-state index in [9.17, 15) is 9.59 Å². The van der Waals surface area contributed by atoms with Crippen molar-refractivity contribution >= 4 is 17.7 Å². The van der Waals surface area contributed by atoms with Gasteiger partial charge in [0, 0.05) is 13.1 Å². The molecule has 0 saturated carbocycles. The third-order valence-corrected chi connectivity index (χ3v) is 3.19. The fourth-order valence-corrected chi connectivity index (χ4v) is 1.99. The molecule has 0 unspecified atom stereocenters. The molecule has 10 nitrogen and oxygen atoms in total. The van der Waals surface area contributed by atoms with Gasteiger partial charge < -0.3 is 15.7 Å². The number of hydrogen-bond acceptors (Lipinski definition) is 7. The van der Waals surface area contributed by atoms with Crippen molar-refractivity contribution in [3.05, 3.63) is 29.7 Å². The summed E-state index contributed by atoms with van der Waals surface area (Å²) in [7, 11) is 0. The second kappa shape index (κ2) is 4.81. The number of rotatable bonds is 4. The molecule has 1 amide bonds. The quantitative estimate of drug-likeness (QED) is 0.724. The fraction of sp³-hybridized carbons (Fsp3) is 0.273. The predicted octanol–water partition coefficient (Wildman–Crippen LogP) is -1.07. The smallest absolute Gasteiger partial charge is 0.358 e. The van der Waals surface area contributed by atoms with Crippen molar-refractivity contribution in [3.63, 3.8) is 0 Å². The molecule has 108 valence electrons. The summed E-state index contributed by atoms with van der Waals surface area (Å²) in [5.41, 5.74) is 5.11. The summed E-state index contributed by atoms with van der Waals surface area (Å²) in [4.78, 5) is 23.6. The van der Waals surface area contributed by atoms with E-state index >= 15 is 0 Å². The Morgan fingerprint density at radius 3 is 2.48 bits per heavy atom. The molecule has 0 spiro atoms. The monoisotopic (exact) mass is 289 g/mol. The Hall–Kier alpha value is -3.04. The zero-order valence-corrected chi connectivity index (χ0v) is 10.7. The van der Waals surface area contributed by atoms with E-state index in [0.29, 0.717) is 18.9 Å². The highest BCUT2D eigenvalue weighted by atomic mass is 16.4. The number of carboxylic acids is 1. The van der Waals surface area contributed by atoms with Gasteiger partial charge in [0.25, 0.3) is 5.91 Å². The van der Waals surface area contributed by atoms with Crippen molar-refractivity contribution in [2.45, 2.75) is 6.04 Å². The van der Waals surface area contributed by atoms with Gasteiger partial charge in [0.15, 0.2) is 17.2 Å². The summed E-state index contributed by atoms with van der Waals surface area (Å²) in [6.07, 6.45) is 1.40. The number of carbonyl (C=O) groups excluding carboxylic acids is 1. The van der Waals surface area contributed by atoms with Gasteiger partial charge in [-0.25, -0.2) is 9.48 Å². The van der Waals surface area contributed by atoms with Crippen LogP contribution in [0.1, 0.15) is 27.0 Å². The molecule has 10 heteroatoms. The molecule has 2 aromatic rings. The number of hydrogen-bond donors (Lipinski definition) is 2. The van der Waals surface area contributed by atoms with Crippen LogP contribution in [0.2, 0.25) is 0 Å². The standard InChI is InChI=1S/C11H11N7O3/c12-10(19)7-1-2-9(15-13-7)17-3-6(4-17)18-5-8(11(20)21)14-16-18/h1-2,5-6H,3-4H2,(H2,12,19)(H,20,21). The van der Waals surface area contributed by atoms with Crippen LogP contribution in [-0.2, 0) is 0 Å². The lowest BCUT2D eigenvalue weighted by Crippen LogP contribution is -2.48. The summed E-state index contributed by atoms with van der Waals surface area (Å²) in [6, 6.07) is 3.20. The second-order valence-electron chi connectivity index (χ2n) is 4.59. The number of amides is 1. The Bertz CT molecular complexity index is 690. The van der Waals surface area contributed by atoms with Crippen LogP contribution >= 0.6 is 0 Å². The highest BCUT2D eigenvalue weighted by molar-refractivity contribution is 5.90. The zero-order chi connectivity index (χ0) is 15.0. The molecular weight excluding hydrogens is 278 g/mol. The van der Waals surface area contributed by atoms with Crippen LogP contribution in [0, 0.1) is 0 Å². The van der Waals surface area contributed by atoms with Crippen molar-refractivity contribution in [3.8, 4) is 0 Å². The molecule has 0 atom stereocenters. The van der Waals surface area contributed by atoms with E-state index in [-0.39, 0.29) is 17.4 Å². The number of carbonyl (C=O) groups is 2. The summed E-state index contributed by atoms with van der Waals surface area (Å²) in [6.45, 7) is 1.21. The molecule has 1 aliphatic heterocycles. The first-order valence-corrected chi connectivity index (χ1v) is 6.08. The molecule has 3 heterocycles. The van der Waals surface area contributed by atoms with Gasteiger partial charge in [0.1, 0.15) is 0 Å². The minimum atomic E-state index is -1.11. The van der Waals surface area contributed by atoms with E-state index in [4.69, 9.17) is 10.8 Å². The average Bonchev–Trinajstić information content (AvgIpc) is 2.87. The first kappa shape index (κ1) is 13.0. The molecule has 0 radical (unpaired) electrons. The number of carboxylic acid groups (broad SMARTS) is 1. The Balaban J connectivity index is 1.64. The van der Waals surface area contributed by atoms with Crippen LogP contribution in [-0.4, -0.2) is 55.3 Å². The van der Waals surface area contributed by atoms with Crippen LogP contribution in [0.25, 0.3) is 0 Å². The molecule has 3 N–H and O–H groups in total. The van der Waals surface area contributed by atoms with Crippen molar-refractivity contribution in [2.75, 3.05) is 18.0 Å². The fourth-order valence-electron chi connectivity index (χ4n) is 1.99. The van der Waals surface area contributed by atoms with E-state index in [1.54, 1.807) is 6.07 Å². The maximum absolute atomic E-state index is 10.9. The van der Waals surface area contributed by atoms with Crippen molar-refractivity contribution < 1.29 is 14.7 Å². The Morgan fingerprint density at radius 1 is 1.19 bits per heavy atom. The van der Waals surface area contributed by atoms with Gasteiger partial charge in [-0.1, -0.05) is 5.21 Å². The molecule has 2 aromatic heterocycles. The predicted molar refractivity (Wildman–Crippen MR) is 68.8 cm³/mol. The number of primary amides is 1. The molecule has 0 aromatic carbocycles. The lowest BCUT2D eigenvalue weighted by atomic mass is 10.1. The van der Waals surface area contributed by atoms with E-state index in [1.807, 2.05) is 4.90 Å². The summed E-state index contributed by atoms with van der Waals surface area (Å²) >= 11 is 0. The molecule has 1 aliphatic rings. The van der Waals surface area contributed by atoms with Crippen molar-refractivity contribution in [1.29, 1.82) is 0 Å². The number of nitrogens with zero attached hydrogens (tertiary/aromatic N) is 6. The topological polar surface area (TPSA) is 140 Å².